The monoisotopic (exact) mass is 494 g/mol. The van der Waals surface area contributed by atoms with E-state index in [0.717, 1.165) is 16.9 Å². The Labute approximate surface area is 195 Å². The number of nitrogens with zero attached hydrogens (tertiary/aromatic N) is 3. The van der Waals surface area contributed by atoms with Crippen molar-refractivity contribution in [2.75, 3.05) is 18.4 Å². The van der Waals surface area contributed by atoms with Gasteiger partial charge in [-0.3, -0.25) is 4.79 Å². The summed E-state index contributed by atoms with van der Waals surface area (Å²) in [5.74, 6) is 0.209. The third kappa shape index (κ3) is 4.73. The van der Waals surface area contributed by atoms with Crippen LogP contribution in [0.15, 0.2) is 38.4 Å². The lowest BCUT2D eigenvalue weighted by molar-refractivity contribution is -0.120. The van der Waals surface area contributed by atoms with E-state index in [-0.39, 0.29) is 16.7 Å². The molecule has 1 aromatic carbocycles. The summed E-state index contributed by atoms with van der Waals surface area (Å²) in [4.78, 5) is 17.0. The third-order valence-electron chi connectivity index (χ3n) is 5.39. The number of thiophene rings is 1. The molecule has 1 amide bonds. The van der Waals surface area contributed by atoms with Crippen LogP contribution in [0.5, 0.6) is 0 Å². The highest BCUT2D eigenvalue weighted by Gasteiger charge is 2.34. The number of hydrogen-bond donors (Lipinski definition) is 1. The lowest BCUT2D eigenvalue weighted by atomic mass is 9.98. The summed E-state index contributed by atoms with van der Waals surface area (Å²) in [5, 5.41) is 9.02. The number of carbonyl (C=O) groups is 1. The highest BCUT2D eigenvalue weighted by molar-refractivity contribution is 7.91. The Bertz CT molecular complexity index is 1240. The van der Waals surface area contributed by atoms with Gasteiger partial charge in [0.05, 0.1) is 5.92 Å². The topological polar surface area (TPSA) is 105 Å². The number of benzene rings is 1. The first kappa shape index (κ1) is 22.9. The Morgan fingerprint density at radius 1 is 1.38 bits per heavy atom. The second-order valence-electron chi connectivity index (χ2n) is 7.68. The molecule has 32 heavy (non-hydrogen) atoms. The van der Waals surface area contributed by atoms with Gasteiger partial charge in [0.2, 0.25) is 17.6 Å². The Kier molecular flexibility index (Phi) is 6.66. The van der Waals surface area contributed by atoms with Gasteiger partial charge in [0.15, 0.2) is 0 Å². The first-order chi connectivity index (χ1) is 15.3. The number of carbonyl (C=O) groups excluding carboxylic acids is 1. The van der Waals surface area contributed by atoms with Gasteiger partial charge in [0.1, 0.15) is 4.21 Å². The number of anilines is 1. The van der Waals surface area contributed by atoms with Gasteiger partial charge in [-0.05, 0) is 43.5 Å². The molecule has 170 valence electrons. The van der Waals surface area contributed by atoms with E-state index < -0.39 is 15.9 Å². The molecule has 1 atom stereocenters. The van der Waals surface area contributed by atoms with Crippen molar-refractivity contribution in [1.29, 1.82) is 0 Å². The maximum Gasteiger partial charge on any atom is 0.252 e. The van der Waals surface area contributed by atoms with Crippen molar-refractivity contribution < 1.29 is 17.7 Å². The summed E-state index contributed by atoms with van der Waals surface area (Å²) in [6.45, 7) is 4.29. The molecule has 1 saturated heterocycles. The third-order valence-corrected chi connectivity index (χ3v) is 9.08. The molecule has 0 unspecified atom stereocenters. The lowest BCUT2D eigenvalue weighted by Crippen LogP contribution is -2.43. The van der Waals surface area contributed by atoms with Crippen LogP contribution < -0.4 is 5.32 Å². The molecule has 0 spiro atoms. The highest BCUT2D eigenvalue weighted by atomic mass is 35.5. The van der Waals surface area contributed by atoms with Gasteiger partial charge >= 0.3 is 0 Å². The Morgan fingerprint density at radius 2 is 2.19 bits per heavy atom. The zero-order valence-corrected chi connectivity index (χ0v) is 20.1. The van der Waals surface area contributed by atoms with E-state index in [2.05, 4.69) is 15.5 Å². The van der Waals surface area contributed by atoms with Crippen molar-refractivity contribution in [3.63, 3.8) is 0 Å². The Morgan fingerprint density at radius 3 is 2.91 bits per heavy atom. The number of rotatable bonds is 6. The minimum absolute atomic E-state index is 0.128. The van der Waals surface area contributed by atoms with E-state index in [4.69, 9.17) is 16.1 Å². The molecule has 1 fully saturated rings. The summed E-state index contributed by atoms with van der Waals surface area (Å²) in [6.07, 6.45) is 1.83. The smallest absolute Gasteiger partial charge is 0.252 e. The maximum absolute atomic E-state index is 13.2. The summed E-state index contributed by atoms with van der Waals surface area (Å²) in [6, 6.07) is 6.87. The van der Waals surface area contributed by atoms with Crippen molar-refractivity contribution >= 4 is 44.6 Å². The molecule has 4 rings (SSSR count). The minimum Gasteiger partial charge on any atom is -0.339 e. The Balaban J connectivity index is 1.47. The zero-order valence-electron chi connectivity index (χ0n) is 17.7. The number of aromatic nitrogens is 2. The fourth-order valence-corrected chi connectivity index (χ4v) is 6.52. The molecule has 2 aromatic heterocycles. The van der Waals surface area contributed by atoms with Gasteiger partial charge in [0, 0.05) is 41.2 Å². The first-order valence-electron chi connectivity index (χ1n) is 10.3. The van der Waals surface area contributed by atoms with E-state index in [1.54, 1.807) is 23.6 Å². The van der Waals surface area contributed by atoms with Gasteiger partial charge in [-0.15, -0.1) is 11.3 Å². The van der Waals surface area contributed by atoms with Gasteiger partial charge in [-0.25, -0.2) is 8.42 Å². The summed E-state index contributed by atoms with van der Waals surface area (Å²) < 4.78 is 33.1. The molecule has 1 N–H and O–H groups in total. The number of nitrogens with one attached hydrogen (secondary N) is 1. The normalized spacial score (nSPS) is 17.4. The van der Waals surface area contributed by atoms with E-state index >= 15 is 0 Å². The maximum atomic E-state index is 13.2. The largest absolute Gasteiger partial charge is 0.339 e. The molecule has 0 saturated carbocycles. The second kappa shape index (κ2) is 9.30. The SMILES string of the molecule is CCc1nc(-c2csc(S(=O)(=O)N3CCC[C@@H](C(=O)Nc4ccc(C)c(Cl)c4)C3)c2)no1. The zero-order chi connectivity index (χ0) is 22.9. The average Bonchev–Trinajstić information content (AvgIpc) is 3.46. The minimum atomic E-state index is -3.74. The number of hydrogen-bond acceptors (Lipinski definition) is 7. The molecule has 0 bridgehead atoms. The lowest BCUT2D eigenvalue weighted by Gasteiger charge is -2.30. The van der Waals surface area contributed by atoms with Crippen molar-refractivity contribution in [3.8, 4) is 11.4 Å². The van der Waals surface area contributed by atoms with Crippen LogP contribution in [-0.4, -0.2) is 41.9 Å². The highest BCUT2D eigenvalue weighted by Crippen LogP contribution is 2.31. The predicted molar refractivity (Wildman–Crippen MR) is 123 cm³/mol. The van der Waals surface area contributed by atoms with Crippen LogP contribution in [-0.2, 0) is 21.2 Å². The van der Waals surface area contributed by atoms with Crippen molar-refractivity contribution in [1.82, 2.24) is 14.4 Å². The molecule has 1 aliphatic rings. The van der Waals surface area contributed by atoms with Crippen molar-refractivity contribution in [2.45, 2.75) is 37.3 Å². The van der Waals surface area contributed by atoms with E-state index in [0.29, 0.717) is 53.8 Å². The standard InChI is InChI=1S/C21H23ClN4O4S2/c1-3-18-24-20(25-30-18)15-9-19(31-12-15)32(28,29)26-8-4-5-14(11-26)21(27)23-16-7-6-13(2)17(22)10-16/h6-7,9-10,12,14H,3-5,8,11H2,1-2H3,(H,23,27)/t14-/m1/s1. The summed E-state index contributed by atoms with van der Waals surface area (Å²) in [7, 11) is -3.74. The number of sulfonamides is 1. The molecule has 0 aliphatic carbocycles. The van der Waals surface area contributed by atoms with Crippen molar-refractivity contribution in [3.05, 3.63) is 46.1 Å². The van der Waals surface area contributed by atoms with Gasteiger partial charge in [-0.2, -0.15) is 9.29 Å². The second-order valence-corrected chi connectivity index (χ2v) is 11.2. The number of halogens is 1. The van der Waals surface area contributed by atoms with Crippen LogP contribution in [0, 0.1) is 12.8 Å². The van der Waals surface area contributed by atoms with Gasteiger partial charge in [-0.1, -0.05) is 29.7 Å². The molecular weight excluding hydrogens is 472 g/mol. The Hall–Kier alpha value is -2.27. The summed E-state index contributed by atoms with van der Waals surface area (Å²) in [5.41, 5.74) is 2.11. The number of amides is 1. The van der Waals surface area contributed by atoms with Crippen LogP contribution in [0.3, 0.4) is 0 Å². The molecule has 3 heterocycles. The number of aryl methyl sites for hydroxylation is 2. The van der Waals surface area contributed by atoms with Gasteiger partial charge < -0.3 is 9.84 Å². The molecule has 11 heteroatoms. The van der Waals surface area contributed by atoms with E-state index in [1.165, 1.54) is 4.31 Å². The first-order valence-corrected chi connectivity index (χ1v) is 13.0. The molecule has 1 aliphatic heterocycles. The fourth-order valence-electron chi connectivity index (χ4n) is 3.50. The fraction of sp³-hybridized carbons (Fsp3) is 0.381. The quantitative estimate of drug-likeness (QED) is 0.545. The van der Waals surface area contributed by atoms with Crippen molar-refractivity contribution in [2.24, 2.45) is 5.92 Å². The van der Waals surface area contributed by atoms with Crippen LogP contribution in [0.25, 0.3) is 11.4 Å². The van der Waals surface area contributed by atoms with Crippen LogP contribution in [0.2, 0.25) is 5.02 Å². The molecule has 0 radical (unpaired) electrons. The number of piperidine rings is 1. The predicted octanol–water partition coefficient (Wildman–Crippen LogP) is 4.36. The molecule has 3 aromatic rings. The van der Waals surface area contributed by atoms with E-state index in [9.17, 15) is 13.2 Å². The van der Waals surface area contributed by atoms with Crippen LogP contribution >= 0.6 is 22.9 Å². The van der Waals surface area contributed by atoms with Crippen LogP contribution in [0.4, 0.5) is 5.69 Å². The molecule has 8 nitrogen and oxygen atoms in total. The van der Waals surface area contributed by atoms with Crippen LogP contribution in [0.1, 0.15) is 31.2 Å². The average molecular weight is 495 g/mol. The summed E-state index contributed by atoms with van der Waals surface area (Å²) >= 11 is 7.25. The van der Waals surface area contributed by atoms with Gasteiger partial charge in [0.25, 0.3) is 10.0 Å². The van der Waals surface area contributed by atoms with E-state index in [1.807, 2.05) is 19.9 Å². The molecular formula is C21H23ClN4O4S2.